The number of carbonyl (C=O) groups excluding carboxylic acids is 1. The van der Waals surface area contributed by atoms with Crippen LogP contribution in [0.4, 0.5) is 5.69 Å². The largest absolute Gasteiger partial charge is 0.325 e. The van der Waals surface area contributed by atoms with Crippen LogP contribution in [-0.4, -0.2) is 5.91 Å². The van der Waals surface area contributed by atoms with Crippen molar-refractivity contribution in [3.05, 3.63) is 63.6 Å². The zero-order valence-electron chi connectivity index (χ0n) is 12.0. The Morgan fingerprint density at radius 1 is 1.14 bits per heavy atom. The first-order chi connectivity index (χ1) is 10.1. The molecule has 0 aliphatic heterocycles. The van der Waals surface area contributed by atoms with Crippen molar-refractivity contribution in [3.8, 4) is 0 Å². The Kier molecular flexibility index (Phi) is 4.11. The minimum absolute atomic E-state index is 0.0623. The zero-order valence-corrected chi connectivity index (χ0v) is 13.6. The van der Waals surface area contributed by atoms with Gasteiger partial charge in [-0.25, -0.2) is 0 Å². The van der Waals surface area contributed by atoms with E-state index >= 15 is 0 Å². The first kappa shape index (κ1) is 14.3. The Morgan fingerprint density at radius 2 is 1.90 bits per heavy atom. The number of hydrogen-bond acceptors (Lipinski definition) is 1. The molecule has 0 bridgehead atoms. The highest BCUT2D eigenvalue weighted by Crippen LogP contribution is 2.29. The third-order valence-electron chi connectivity index (χ3n) is 4.17. The second kappa shape index (κ2) is 6.02. The summed E-state index contributed by atoms with van der Waals surface area (Å²) in [6, 6.07) is 14.4. The molecule has 108 valence electrons. The highest BCUT2D eigenvalue weighted by molar-refractivity contribution is 9.10. The molecule has 2 aromatic carbocycles. The summed E-state index contributed by atoms with van der Waals surface area (Å²) >= 11 is 3.54. The Morgan fingerprint density at radius 3 is 2.71 bits per heavy atom. The van der Waals surface area contributed by atoms with E-state index in [0.717, 1.165) is 35.0 Å². The minimum atomic E-state index is 0.0623. The number of hydrogen-bond donors (Lipinski definition) is 1. The number of nitrogens with one attached hydrogen (secondary N) is 1. The summed E-state index contributed by atoms with van der Waals surface area (Å²) in [6.45, 7) is 2.02. The summed E-state index contributed by atoms with van der Waals surface area (Å²) < 4.78 is 0.967. The van der Waals surface area contributed by atoms with Gasteiger partial charge >= 0.3 is 0 Å². The van der Waals surface area contributed by atoms with Gasteiger partial charge < -0.3 is 5.32 Å². The molecule has 2 aromatic rings. The number of amides is 1. The summed E-state index contributed by atoms with van der Waals surface area (Å²) in [5, 5.41) is 3.07. The van der Waals surface area contributed by atoms with Gasteiger partial charge in [0.15, 0.2) is 0 Å². The molecule has 1 unspecified atom stereocenters. The van der Waals surface area contributed by atoms with Gasteiger partial charge in [0.25, 0.3) is 0 Å². The fraction of sp³-hybridized carbons (Fsp3) is 0.278. The van der Waals surface area contributed by atoms with Crippen molar-refractivity contribution in [3.63, 3.8) is 0 Å². The van der Waals surface area contributed by atoms with Crippen LogP contribution in [0.2, 0.25) is 0 Å². The summed E-state index contributed by atoms with van der Waals surface area (Å²) in [4.78, 5) is 12.5. The first-order valence-corrected chi connectivity index (χ1v) is 8.07. The smallest absolute Gasteiger partial charge is 0.227 e. The van der Waals surface area contributed by atoms with Crippen molar-refractivity contribution in [2.24, 2.45) is 5.92 Å². The number of anilines is 1. The number of carbonyl (C=O) groups is 1. The van der Waals surface area contributed by atoms with E-state index < -0.39 is 0 Å². The van der Waals surface area contributed by atoms with Crippen LogP contribution in [0.25, 0.3) is 0 Å². The van der Waals surface area contributed by atoms with E-state index in [1.807, 2.05) is 25.1 Å². The fourth-order valence-corrected chi connectivity index (χ4v) is 3.26. The van der Waals surface area contributed by atoms with Gasteiger partial charge in [0.1, 0.15) is 0 Å². The molecule has 0 heterocycles. The molecule has 3 heteroatoms. The van der Waals surface area contributed by atoms with Gasteiger partial charge in [-0.1, -0.05) is 36.4 Å². The van der Waals surface area contributed by atoms with E-state index in [0.29, 0.717) is 0 Å². The Labute approximate surface area is 133 Å². The molecule has 3 rings (SSSR count). The van der Waals surface area contributed by atoms with Crippen molar-refractivity contribution < 1.29 is 4.79 Å². The summed E-state index contributed by atoms with van der Waals surface area (Å²) in [5.74, 6) is 0.183. The van der Waals surface area contributed by atoms with Crippen LogP contribution < -0.4 is 5.32 Å². The molecule has 21 heavy (non-hydrogen) atoms. The molecule has 1 amide bonds. The molecule has 0 aromatic heterocycles. The van der Waals surface area contributed by atoms with Crippen molar-refractivity contribution in [1.29, 1.82) is 0 Å². The molecular weight excluding hydrogens is 326 g/mol. The molecule has 0 saturated heterocycles. The van der Waals surface area contributed by atoms with Gasteiger partial charge in [-0.3, -0.25) is 4.79 Å². The molecule has 0 radical (unpaired) electrons. The van der Waals surface area contributed by atoms with Gasteiger partial charge in [0.2, 0.25) is 5.91 Å². The number of halogens is 1. The Balaban J connectivity index is 1.74. The van der Waals surface area contributed by atoms with E-state index in [1.54, 1.807) is 0 Å². The molecule has 1 aliphatic rings. The van der Waals surface area contributed by atoms with Gasteiger partial charge in [0, 0.05) is 10.4 Å². The van der Waals surface area contributed by atoms with Crippen LogP contribution in [0.15, 0.2) is 46.9 Å². The van der Waals surface area contributed by atoms with E-state index in [1.165, 1.54) is 11.1 Å². The average molecular weight is 344 g/mol. The Hall–Kier alpha value is -1.61. The topological polar surface area (TPSA) is 29.1 Å². The van der Waals surface area contributed by atoms with Crippen LogP contribution in [0.5, 0.6) is 0 Å². The van der Waals surface area contributed by atoms with Crippen molar-refractivity contribution in [2.75, 3.05) is 5.32 Å². The summed E-state index contributed by atoms with van der Waals surface area (Å²) in [7, 11) is 0. The molecule has 2 nitrogen and oxygen atoms in total. The molecular formula is C18H18BrNO. The standard InChI is InChI=1S/C18H18BrNO/c1-12-5-4-8-16(17(12)19)20-18(21)15-10-9-13-6-2-3-7-14(13)11-15/h2-8,15H,9-11H2,1H3,(H,20,21). The van der Waals surface area contributed by atoms with Crippen LogP contribution in [0, 0.1) is 12.8 Å². The van der Waals surface area contributed by atoms with Crippen molar-refractivity contribution >= 4 is 27.5 Å². The van der Waals surface area contributed by atoms with E-state index in [-0.39, 0.29) is 11.8 Å². The highest BCUT2D eigenvalue weighted by atomic mass is 79.9. The summed E-state index contributed by atoms with van der Waals surface area (Å²) in [6.07, 6.45) is 2.75. The zero-order chi connectivity index (χ0) is 14.8. The van der Waals surface area contributed by atoms with E-state index in [2.05, 4.69) is 45.5 Å². The van der Waals surface area contributed by atoms with Gasteiger partial charge in [-0.15, -0.1) is 0 Å². The molecule has 0 fully saturated rings. The molecule has 1 aliphatic carbocycles. The molecule has 1 atom stereocenters. The normalized spacial score (nSPS) is 17.1. The maximum Gasteiger partial charge on any atom is 0.227 e. The van der Waals surface area contributed by atoms with Crippen LogP contribution in [0.3, 0.4) is 0 Å². The lowest BCUT2D eigenvalue weighted by Crippen LogP contribution is -2.28. The van der Waals surface area contributed by atoms with E-state index in [4.69, 9.17) is 0 Å². The third kappa shape index (κ3) is 3.03. The Bertz CT molecular complexity index is 681. The molecule has 0 spiro atoms. The predicted molar refractivity (Wildman–Crippen MR) is 89.5 cm³/mol. The number of benzene rings is 2. The monoisotopic (exact) mass is 343 g/mol. The number of fused-ring (bicyclic) bond motifs is 1. The van der Waals surface area contributed by atoms with Crippen LogP contribution >= 0.6 is 15.9 Å². The lowest BCUT2D eigenvalue weighted by molar-refractivity contribution is -0.120. The maximum atomic E-state index is 12.5. The SMILES string of the molecule is Cc1cccc(NC(=O)C2CCc3ccccc3C2)c1Br. The van der Waals surface area contributed by atoms with Crippen molar-refractivity contribution in [2.45, 2.75) is 26.2 Å². The lowest BCUT2D eigenvalue weighted by Gasteiger charge is -2.24. The number of aryl methyl sites for hydroxylation is 2. The molecule has 0 saturated carbocycles. The molecule has 1 N–H and O–H groups in total. The third-order valence-corrected chi connectivity index (χ3v) is 5.22. The predicted octanol–water partition coefficient (Wildman–Crippen LogP) is 4.50. The fourth-order valence-electron chi connectivity index (χ4n) is 2.90. The first-order valence-electron chi connectivity index (χ1n) is 7.28. The quantitative estimate of drug-likeness (QED) is 0.854. The van der Waals surface area contributed by atoms with Gasteiger partial charge in [-0.2, -0.15) is 0 Å². The second-order valence-electron chi connectivity index (χ2n) is 5.63. The van der Waals surface area contributed by atoms with Crippen LogP contribution in [-0.2, 0) is 17.6 Å². The van der Waals surface area contributed by atoms with Gasteiger partial charge in [-0.05, 0) is 64.9 Å². The van der Waals surface area contributed by atoms with Crippen molar-refractivity contribution in [1.82, 2.24) is 0 Å². The van der Waals surface area contributed by atoms with E-state index in [9.17, 15) is 4.79 Å². The average Bonchev–Trinajstić information content (AvgIpc) is 2.51. The number of rotatable bonds is 2. The summed E-state index contributed by atoms with van der Waals surface area (Å²) in [5.41, 5.74) is 4.69. The van der Waals surface area contributed by atoms with Crippen LogP contribution in [0.1, 0.15) is 23.1 Å². The van der Waals surface area contributed by atoms with Gasteiger partial charge in [0.05, 0.1) is 5.69 Å². The highest BCUT2D eigenvalue weighted by Gasteiger charge is 2.24. The maximum absolute atomic E-state index is 12.5. The lowest BCUT2D eigenvalue weighted by atomic mass is 9.83. The second-order valence-corrected chi connectivity index (χ2v) is 6.43. The minimum Gasteiger partial charge on any atom is -0.325 e.